The van der Waals surface area contributed by atoms with Crippen LogP contribution in [0.15, 0.2) is 11.6 Å². The van der Waals surface area contributed by atoms with Crippen LogP contribution in [0.2, 0.25) is 0 Å². The van der Waals surface area contributed by atoms with E-state index in [0.717, 1.165) is 32.1 Å². The summed E-state index contributed by atoms with van der Waals surface area (Å²) in [5, 5.41) is 0. The molecule has 4 rings (SSSR count). The van der Waals surface area contributed by atoms with Crippen LogP contribution >= 0.6 is 0 Å². The van der Waals surface area contributed by atoms with Crippen molar-refractivity contribution in [3.8, 4) is 0 Å². The highest BCUT2D eigenvalue weighted by molar-refractivity contribution is 5.92. The van der Waals surface area contributed by atoms with Crippen molar-refractivity contribution < 1.29 is 9.59 Å². The van der Waals surface area contributed by atoms with Crippen molar-refractivity contribution in [2.75, 3.05) is 0 Å². The molecule has 0 bridgehead atoms. The smallest absolute Gasteiger partial charge is 0.155 e. The van der Waals surface area contributed by atoms with Crippen LogP contribution in [-0.2, 0) is 9.59 Å². The molecule has 3 saturated carbocycles. The molecule has 0 N–H and O–H groups in total. The van der Waals surface area contributed by atoms with Gasteiger partial charge in [0.05, 0.1) is 0 Å². The standard InChI is InChI=1S/C20H28O2/c1-12-10-14-15-4-5-18(22)20(15,3)9-7-16(14)19(2)8-6-13(21)11-17(12)19/h11-12,14-16H,4-10H2,1-3H3/t12-,14+,15+,16+,19-,20+/m1/s1. The number of carbonyl (C=O) groups excluding carboxylic acids is 2. The molecular weight excluding hydrogens is 272 g/mol. The topological polar surface area (TPSA) is 34.1 Å². The summed E-state index contributed by atoms with van der Waals surface area (Å²) >= 11 is 0. The Kier molecular flexibility index (Phi) is 3.03. The fourth-order valence-corrected chi connectivity index (χ4v) is 6.76. The zero-order valence-electron chi connectivity index (χ0n) is 14.2. The summed E-state index contributed by atoms with van der Waals surface area (Å²) in [6, 6.07) is 0. The molecule has 2 nitrogen and oxygen atoms in total. The van der Waals surface area contributed by atoms with Crippen LogP contribution < -0.4 is 0 Å². The molecule has 3 fully saturated rings. The highest BCUT2D eigenvalue weighted by Crippen LogP contribution is 2.65. The summed E-state index contributed by atoms with van der Waals surface area (Å²) in [4.78, 5) is 24.4. The highest BCUT2D eigenvalue weighted by atomic mass is 16.1. The van der Waals surface area contributed by atoms with Crippen molar-refractivity contribution in [2.45, 2.75) is 65.7 Å². The third-order valence-corrected chi connectivity index (χ3v) is 7.99. The number of Topliss-reactive ketones (excluding diaryl/α,β-unsaturated/α-hetero) is 1. The number of allylic oxidation sites excluding steroid dienone is 1. The summed E-state index contributed by atoms with van der Waals surface area (Å²) in [7, 11) is 0. The summed E-state index contributed by atoms with van der Waals surface area (Å²) in [6.07, 6.45) is 9.08. The summed E-state index contributed by atoms with van der Waals surface area (Å²) in [5.74, 6) is 3.33. The van der Waals surface area contributed by atoms with Gasteiger partial charge in [-0.3, -0.25) is 9.59 Å². The maximum absolute atomic E-state index is 12.4. The van der Waals surface area contributed by atoms with Gasteiger partial charge in [0.1, 0.15) is 5.78 Å². The largest absolute Gasteiger partial charge is 0.299 e. The minimum Gasteiger partial charge on any atom is -0.299 e. The molecular formula is C20H28O2. The lowest BCUT2D eigenvalue weighted by Gasteiger charge is -2.58. The normalized spacial score (nSPS) is 51.0. The molecule has 4 aliphatic rings. The van der Waals surface area contributed by atoms with Gasteiger partial charge in [-0.2, -0.15) is 0 Å². The van der Waals surface area contributed by atoms with Gasteiger partial charge in [0, 0.05) is 18.3 Å². The molecule has 0 aliphatic heterocycles. The zero-order valence-corrected chi connectivity index (χ0v) is 14.2. The molecule has 0 amide bonds. The van der Waals surface area contributed by atoms with E-state index in [0.29, 0.717) is 35.2 Å². The minimum atomic E-state index is -0.0387. The van der Waals surface area contributed by atoms with Crippen LogP contribution in [-0.4, -0.2) is 11.6 Å². The van der Waals surface area contributed by atoms with Crippen LogP contribution in [0.25, 0.3) is 0 Å². The molecule has 0 radical (unpaired) electrons. The van der Waals surface area contributed by atoms with E-state index in [9.17, 15) is 9.59 Å². The van der Waals surface area contributed by atoms with Crippen molar-refractivity contribution in [1.82, 2.24) is 0 Å². The predicted octanol–water partition coefficient (Wildman–Crippen LogP) is 4.33. The number of hydrogen-bond acceptors (Lipinski definition) is 2. The van der Waals surface area contributed by atoms with Gasteiger partial charge in [0.2, 0.25) is 0 Å². The summed E-state index contributed by atoms with van der Waals surface area (Å²) in [6.45, 7) is 6.96. The molecule has 0 unspecified atom stereocenters. The molecule has 22 heavy (non-hydrogen) atoms. The van der Waals surface area contributed by atoms with E-state index in [1.165, 1.54) is 18.4 Å². The highest BCUT2D eigenvalue weighted by Gasteiger charge is 2.59. The average molecular weight is 300 g/mol. The number of rotatable bonds is 0. The van der Waals surface area contributed by atoms with Gasteiger partial charge in [-0.1, -0.05) is 26.3 Å². The molecule has 0 spiro atoms. The molecule has 6 atom stereocenters. The van der Waals surface area contributed by atoms with E-state index in [1.54, 1.807) is 0 Å². The maximum Gasteiger partial charge on any atom is 0.155 e. The molecule has 0 saturated heterocycles. The Morgan fingerprint density at radius 2 is 1.73 bits per heavy atom. The van der Waals surface area contributed by atoms with Crippen molar-refractivity contribution in [3.63, 3.8) is 0 Å². The van der Waals surface area contributed by atoms with Gasteiger partial charge in [-0.05, 0) is 67.3 Å². The second kappa shape index (κ2) is 4.55. The first-order chi connectivity index (χ1) is 10.4. The van der Waals surface area contributed by atoms with Crippen molar-refractivity contribution in [1.29, 1.82) is 0 Å². The molecule has 0 aromatic heterocycles. The second-order valence-corrected chi connectivity index (χ2v) is 8.92. The van der Waals surface area contributed by atoms with Crippen molar-refractivity contribution >= 4 is 11.6 Å². The first-order valence-corrected chi connectivity index (χ1v) is 9.14. The molecule has 0 heterocycles. The predicted molar refractivity (Wildman–Crippen MR) is 86.3 cm³/mol. The molecule has 4 aliphatic carbocycles. The lowest BCUT2D eigenvalue weighted by molar-refractivity contribution is -0.133. The van der Waals surface area contributed by atoms with Crippen molar-refractivity contribution in [2.24, 2.45) is 34.5 Å². The van der Waals surface area contributed by atoms with Crippen LogP contribution in [0.1, 0.15) is 65.7 Å². The third kappa shape index (κ3) is 1.73. The fourth-order valence-electron chi connectivity index (χ4n) is 6.76. The molecule has 0 aromatic carbocycles. The Bertz CT molecular complexity index is 574. The number of ketones is 2. The molecule has 120 valence electrons. The van der Waals surface area contributed by atoms with Gasteiger partial charge in [0.15, 0.2) is 5.78 Å². The number of hydrogen-bond donors (Lipinski definition) is 0. The van der Waals surface area contributed by atoms with E-state index in [1.807, 2.05) is 6.08 Å². The van der Waals surface area contributed by atoms with Crippen LogP contribution in [0.3, 0.4) is 0 Å². The summed E-state index contributed by atoms with van der Waals surface area (Å²) in [5.41, 5.74) is 1.60. The van der Waals surface area contributed by atoms with E-state index in [4.69, 9.17) is 0 Å². The monoisotopic (exact) mass is 300 g/mol. The van der Waals surface area contributed by atoms with E-state index in [-0.39, 0.29) is 10.8 Å². The van der Waals surface area contributed by atoms with Crippen LogP contribution in [0.5, 0.6) is 0 Å². The fraction of sp³-hybridized carbons (Fsp3) is 0.800. The van der Waals surface area contributed by atoms with Crippen LogP contribution in [0, 0.1) is 34.5 Å². The first kappa shape index (κ1) is 14.7. The molecule has 2 heteroatoms. The molecule has 0 aromatic rings. The number of fused-ring (bicyclic) bond motifs is 5. The second-order valence-electron chi connectivity index (χ2n) is 8.92. The van der Waals surface area contributed by atoms with Gasteiger partial charge >= 0.3 is 0 Å². The minimum absolute atomic E-state index is 0.0387. The average Bonchev–Trinajstić information content (AvgIpc) is 2.77. The van der Waals surface area contributed by atoms with Gasteiger partial charge in [-0.15, -0.1) is 0 Å². The third-order valence-electron chi connectivity index (χ3n) is 7.99. The maximum atomic E-state index is 12.4. The zero-order chi connectivity index (χ0) is 15.7. The van der Waals surface area contributed by atoms with E-state index in [2.05, 4.69) is 20.8 Å². The van der Waals surface area contributed by atoms with Gasteiger partial charge in [0.25, 0.3) is 0 Å². The summed E-state index contributed by atoms with van der Waals surface area (Å²) < 4.78 is 0. The van der Waals surface area contributed by atoms with Crippen molar-refractivity contribution in [3.05, 3.63) is 11.6 Å². The Morgan fingerprint density at radius 3 is 2.50 bits per heavy atom. The quantitative estimate of drug-likeness (QED) is 0.667. The SMILES string of the molecule is C[C@@H]1C[C@@H]2[C@H](CC[C@]3(C)C(=O)CC[C@@H]23)[C@@]2(C)CCC(=O)C=C12. The first-order valence-electron chi connectivity index (χ1n) is 9.14. The Labute approximate surface area is 133 Å². The van der Waals surface area contributed by atoms with Crippen LogP contribution in [0.4, 0.5) is 0 Å². The Morgan fingerprint density at radius 1 is 1.00 bits per heavy atom. The lowest BCUT2D eigenvalue weighted by Crippen LogP contribution is -2.52. The van der Waals surface area contributed by atoms with Gasteiger partial charge < -0.3 is 0 Å². The lowest BCUT2D eigenvalue weighted by atomic mass is 9.46. The van der Waals surface area contributed by atoms with Gasteiger partial charge in [-0.25, -0.2) is 0 Å². The Hall–Kier alpha value is -0.920. The van der Waals surface area contributed by atoms with E-state index >= 15 is 0 Å². The number of carbonyl (C=O) groups is 2. The van der Waals surface area contributed by atoms with E-state index < -0.39 is 0 Å². The Balaban J connectivity index is 1.74.